The molecule has 0 fully saturated rings. The molecule has 20 heavy (non-hydrogen) atoms. The number of unbranched alkanes of at least 4 members (excludes halogenated alkanes) is 6. The van der Waals surface area contributed by atoms with Gasteiger partial charge in [0.25, 0.3) is 0 Å². The third-order valence-electron chi connectivity index (χ3n) is 3.67. The van der Waals surface area contributed by atoms with Crippen molar-refractivity contribution in [3.8, 4) is 0 Å². The smallest absolute Gasteiger partial charge is 0.0547 e. The molecule has 1 unspecified atom stereocenters. The first-order valence-corrected chi connectivity index (χ1v) is 8.99. The maximum Gasteiger partial charge on any atom is 0.0547 e. The Kier molecular flexibility index (Phi) is 15.3. The lowest BCUT2D eigenvalue weighted by Gasteiger charge is -2.12. The maximum atomic E-state index is 5.87. The lowest BCUT2D eigenvalue weighted by Crippen LogP contribution is -2.20. The van der Waals surface area contributed by atoms with Gasteiger partial charge in [0.15, 0.2) is 0 Å². The summed E-state index contributed by atoms with van der Waals surface area (Å²) in [6.45, 7) is 12.3. The van der Waals surface area contributed by atoms with Gasteiger partial charge in [-0.05, 0) is 45.2 Å². The van der Waals surface area contributed by atoms with Crippen molar-refractivity contribution in [2.24, 2.45) is 5.92 Å². The first-order chi connectivity index (χ1) is 9.66. The lowest BCUT2D eigenvalue weighted by molar-refractivity contribution is 0.0557. The van der Waals surface area contributed by atoms with Crippen LogP contribution < -0.4 is 5.32 Å². The van der Waals surface area contributed by atoms with Gasteiger partial charge in [-0.1, -0.05) is 59.3 Å². The van der Waals surface area contributed by atoms with Gasteiger partial charge in [0.1, 0.15) is 0 Å². The molecule has 0 aliphatic rings. The van der Waals surface area contributed by atoms with Gasteiger partial charge in [-0.25, -0.2) is 0 Å². The molecule has 1 N–H and O–H groups in total. The molecule has 0 rings (SSSR count). The predicted molar refractivity (Wildman–Crippen MR) is 90.3 cm³/mol. The van der Waals surface area contributed by atoms with Gasteiger partial charge in [-0.15, -0.1) is 0 Å². The summed E-state index contributed by atoms with van der Waals surface area (Å²) in [4.78, 5) is 0. The molecule has 0 saturated carbocycles. The Bertz CT molecular complexity index is 182. The second kappa shape index (κ2) is 15.3. The molecule has 122 valence electrons. The topological polar surface area (TPSA) is 21.3 Å². The van der Waals surface area contributed by atoms with E-state index in [1.165, 1.54) is 64.3 Å². The van der Waals surface area contributed by atoms with Crippen molar-refractivity contribution >= 4 is 0 Å². The normalized spacial score (nSPS) is 13.1. The molecule has 2 heteroatoms. The summed E-state index contributed by atoms with van der Waals surface area (Å²) in [5.74, 6) is 0.766. The molecule has 0 radical (unpaired) electrons. The molecule has 0 spiro atoms. The van der Waals surface area contributed by atoms with E-state index >= 15 is 0 Å². The van der Waals surface area contributed by atoms with Gasteiger partial charge in [0, 0.05) is 6.61 Å². The van der Waals surface area contributed by atoms with Crippen LogP contribution >= 0.6 is 0 Å². The zero-order chi connectivity index (χ0) is 15.1. The van der Waals surface area contributed by atoms with Gasteiger partial charge in [-0.3, -0.25) is 0 Å². The molecule has 0 aliphatic heterocycles. The average molecular weight is 286 g/mol. The molecule has 0 bridgehead atoms. The highest BCUT2D eigenvalue weighted by Gasteiger charge is 2.01. The predicted octanol–water partition coefficient (Wildman–Crippen LogP) is 5.17. The van der Waals surface area contributed by atoms with Crippen LogP contribution in [0.2, 0.25) is 0 Å². The van der Waals surface area contributed by atoms with E-state index in [0.717, 1.165) is 19.1 Å². The van der Waals surface area contributed by atoms with Crippen LogP contribution in [0.25, 0.3) is 0 Å². The van der Waals surface area contributed by atoms with E-state index in [9.17, 15) is 0 Å². The van der Waals surface area contributed by atoms with E-state index in [2.05, 4.69) is 33.0 Å². The van der Waals surface area contributed by atoms with Crippen LogP contribution in [-0.2, 0) is 4.74 Å². The Labute approximate surface area is 128 Å². The molecule has 0 aliphatic carbocycles. The number of rotatable bonds is 15. The van der Waals surface area contributed by atoms with Crippen molar-refractivity contribution in [1.82, 2.24) is 5.32 Å². The zero-order valence-corrected chi connectivity index (χ0v) is 14.5. The number of hydrogen-bond acceptors (Lipinski definition) is 2. The van der Waals surface area contributed by atoms with Crippen molar-refractivity contribution in [2.45, 2.75) is 91.6 Å². The molecule has 0 heterocycles. The van der Waals surface area contributed by atoms with Gasteiger partial charge < -0.3 is 10.1 Å². The van der Waals surface area contributed by atoms with Crippen LogP contribution in [-0.4, -0.2) is 25.8 Å². The van der Waals surface area contributed by atoms with E-state index in [0.29, 0.717) is 6.10 Å². The van der Waals surface area contributed by atoms with Crippen molar-refractivity contribution in [1.29, 1.82) is 0 Å². The van der Waals surface area contributed by atoms with E-state index in [1.807, 2.05) is 0 Å². The van der Waals surface area contributed by atoms with Crippen LogP contribution in [0.15, 0.2) is 0 Å². The maximum absolute atomic E-state index is 5.87. The Morgan fingerprint density at radius 2 is 1.55 bits per heavy atom. The molecule has 1 atom stereocenters. The largest absolute Gasteiger partial charge is 0.379 e. The summed E-state index contributed by atoms with van der Waals surface area (Å²) in [5.41, 5.74) is 0. The van der Waals surface area contributed by atoms with Gasteiger partial charge in [0.05, 0.1) is 6.10 Å². The third-order valence-corrected chi connectivity index (χ3v) is 3.67. The highest BCUT2D eigenvalue weighted by molar-refractivity contribution is 4.54. The summed E-state index contributed by atoms with van der Waals surface area (Å²) in [7, 11) is 0. The van der Waals surface area contributed by atoms with Crippen LogP contribution in [0.3, 0.4) is 0 Å². The van der Waals surface area contributed by atoms with Crippen LogP contribution in [0.5, 0.6) is 0 Å². The lowest BCUT2D eigenvalue weighted by atomic mass is 10.1. The van der Waals surface area contributed by atoms with Crippen LogP contribution in [0, 0.1) is 5.92 Å². The highest BCUT2D eigenvalue weighted by atomic mass is 16.5. The molecule has 0 saturated heterocycles. The SMILES string of the molecule is CCCCCCC(C)OCCCCCCNCC(C)C. The second-order valence-electron chi connectivity index (χ2n) is 6.54. The first-order valence-electron chi connectivity index (χ1n) is 8.99. The molecule has 0 amide bonds. The highest BCUT2D eigenvalue weighted by Crippen LogP contribution is 2.09. The molecular weight excluding hydrogens is 246 g/mol. The summed E-state index contributed by atoms with van der Waals surface area (Å²) < 4.78 is 5.87. The van der Waals surface area contributed by atoms with Crippen molar-refractivity contribution in [3.63, 3.8) is 0 Å². The van der Waals surface area contributed by atoms with Crippen LogP contribution in [0.4, 0.5) is 0 Å². The third kappa shape index (κ3) is 16.0. The van der Waals surface area contributed by atoms with E-state index in [4.69, 9.17) is 4.74 Å². The van der Waals surface area contributed by atoms with Gasteiger partial charge in [-0.2, -0.15) is 0 Å². The zero-order valence-electron chi connectivity index (χ0n) is 14.5. The minimum atomic E-state index is 0.458. The number of ether oxygens (including phenoxy) is 1. The molecular formula is C18H39NO. The van der Waals surface area contributed by atoms with E-state index in [1.54, 1.807) is 0 Å². The summed E-state index contributed by atoms with van der Waals surface area (Å²) in [6, 6.07) is 0. The fraction of sp³-hybridized carbons (Fsp3) is 1.00. The molecule has 0 aromatic carbocycles. The first kappa shape index (κ1) is 19.9. The monoisotopic (exact) mass is 285 g/mol. The van der Waals surface area contributed by atoms with E-state index < -0.39 is 0 Å². The average Bonchev–Trinajstić information content (AvgIpc) is 2.41. The Balaban J connectivity index is 3.11. The van der Waals surface area contributed by atoms with E-state index in [-0.39, 0.29) is 0 Å². The Hall–Kier alpha value is -0.0800. The van der Waals surface area contributed by atoms with Crippen LogP contribution in [0.1, 0.15) is 85.5 Å². The Morgan fingerprint density at radius 1 is 0.850 bits per heavy atom. The molecule has 2 nitrogen and oxygen atoms in total. The Morgan fingerprint density at radius 3 is 2.25 bits per heavy atom. The minimum Gasteiger partial charge on any atom is -0.379 e. The fourth-order valence-corrected chi connectivity index (χ4v) is 2.32. The van der Waals surface area contributed by atoms with Gasteiger partial charge in [0.2, 0.25) is 0 Å². The van der Waals surface area contributed by atoms with Crippen molar-refractivity contribution in [2.75, 3.05) is 19.7 Å². The molecule has 0 aromatic rings. The number of hydrogen-bond donors (Lipinski definition) is 1. The summed E-state index contributed by atoms with van der Waals surface area (Å²) >= 11 is 0. The van der Waals surface area contributed by atoms with Crippen molar-refractivity contribution < 1.29 is 4.74 Å². The van der Waals surface area contributed by atoms with Gasteiger partial charge >= 0.3 is 0 Å². The standard InChI is InChI=1S/C18H39NO/c1-5-6-7-10-13-18(4)20-15-12-9-8-11-14-19-16-17(2)3/h17-19H,5-16H2,1-4H3. The molecule has 0 aromatic heterocycles. The number of nitrogens with one attached hydrogen (secondary N) is 1. The summed E-state index contributed by atoms with van der Waals surface area (Å²) in [5, 5.41) is 3.50. The fourth-order valence-electron chi connectivity index (χ4n) is 2.32. The summed E-state index contributed by atoms with van der Waals surface area (Å²) in [6.07, 6.45) is 12.3. The second-order valence-corrected chi connectivity index (χ2v) is 6.54. The quantitative estimate of drug-likeness (QED) is 0.419. The van der Waals surface area contributed by atoms with Crippen molar-refractivity contribution in [3.05, 3.63) is 0 Å². The minimum absolute atomic E-state index is 0.458.